The van der Waals surface area contributed by atoms with E-state index in [1.54, 1.807) is 30.3 Å². The molecule has 4 N–H and O–H groups in total. The van der Waals surface area contributed by atoms with Crippen molar-refractivity contribution < 1.29 is 33.4 Å². The Hall–Kier alpha value is -4.60. The first kappa shape index (κ1) is 29.9. The Morgan fingerprint density at radius 2 is 1.35 bits per heavy atom. The summed E-state index contributed by atoms with van der Waals surface area (Å²) in [5.41, 5.74) is 1.47. The molecule has 3 unspecified atom stereocenters. The summed E-state index contributed by atoms with van der Waals surface area (Å²) in [5, 5.41) is 17.1. The Bertz CT molecular complexity index is 1260. The molecule has 10 nitrogen and oxygen atoms in total. The standard InChI is InChI=1S/C30H35N3O7/c1-19(2)16-23(27(34)26-10-7-15-40-26)31-28(35)24(17-20-8-5-4-6-9-20)32-29(36)25(33-30(37)38)18-21-11-13-22(39-3)14-12-21/h4-15,19,23-25,33H,16-18H2,1-3H3,(H,31,35)(H,32,36)(H,37,38). The van der Waals surface area contributed by atoms with Crippen molar-refractivity contribution in [3.8, 4) is 5.75 Å². The van der Waals surface area contributed by atoms with E-state index in [9.17, 15) is 24.3 Å². The molecule has 0 aliphatic rings. The van der Waals surface area contributed by atoms with Gasteiger partial charge in [-0.05, 0) is 47.7 Å². The van der Waals surface area contributed by atoms with Crippen molar-refractivity contribution in [1.82, 2.24) is 16.0 Å². The Kier molecular flexibility index (Phi) is 10.9. The first-order chi connectivity index (χ1) is 19.2. The summed E-state index contributed by atoms with van der Waals surface area (Å²) in [5.74, 6) is -0.787. The van der Waals surface area contributed by atoms with Gasteiger partial charge in [-0.2, -0.15) is 0 Å². The van der Waals surface area contributed by atoms with Crippen molar-refractivity contribution >= 4 is 23.7 Å². The molecule has 0 radical (unpaired) electrons. The lowest BCUT2D eigenvalue weighted by molar-refractivity contribution is -0.130. The molecule has 0 spiro atoms. The molecule has 212 valence electrons. The molecule has 0 bridgehead atoms. The molecule has 0 fully saturated rings. The number of rotatable bonds is 14. The molecule has 3 aromatic rings. The maximum atomic E-state index is 13.6. The highest BCUT2D eigenvalue weighted by Gasteiger charge is 2.31. The minimum Gasteiger partial charge on any atom is -0.497 e. The summed E-state index contributed by atoms with van der Waals surface area (Å²) in [4.78, 5) is 51.5. The van der Waals surface area contributed by atoms with Crippen LogP contribution in [0.4, 0.5) is 4.79 Å². The quantitative estimate of drug-likeness (QED) is 0.225. The van der Waals surface area contributed by atoms with Crippen LogP contribution in [0.5, 0.6) is 5.75 Å². The zero-order chi connectivity index (χ0) is 29.1. The van der Waals surface area contributed by atoms with Crippen LogP contribution in [-0.2, 0) is 22.4 Å². The summed E-state index contributed by atoms with van der Waals surface area (Å²) in [6, 6.07) is 16.0. The number of nitrogens with one attached hydrogen (secondary N) is 3. The first-order valence-electron chi connectivity index (χ1n) is 13.0. The number of ether oxygens (including phenoxy) is 1. The number of Topliss-reactive ketones (excluding diaryl/α,β-unsaturated/α-hetero) is 1. The van der Waals surface area contributed by atoms with E-state index in [1.807, 2.05) is 44.2 Å². The number of hydrogen-bond donors (Lipinski definition) is 4. The van der Waals surface area contributed by atoms with Crippen LogP contribution in [0.1, 0.15) is 41.9 Å². The van der Waals surface area contributed by atoms with Crippen molar-refractivity contribution in [2.24, 2.45) is 5.92 Å². The van der Waals surface area contributed by atoms with E-state index in [4.69, 9.17) is 9.15 Å². The first-order valence-corrected chi connectivity index (χ1v) is 13.0. The van der Waals surface area contributed by atoms with Gasteiger partial charge in [-0.15, -0.1) is 0 Å². The lowest BCUT2D eigenvalue weighted by Crippen LogP contribution is -2.56. The summed E-state index contributed by atoms with van der Waals surface area (Å²) >= 11 is 0. The van der Waals surface area contributed by atoms with Crippen LogP contribution in [0.15, 0.2) is 77.4 Å². The predicted molar refractivity (Wildman–Crippen MR) is 148 cm³/mol. The number of carboxylic acid groups (broad SMARTS) is 1. The zero-order valence-electron chi connectivity index (χ0n) is 22.8. The van der Waals surface area contributed by atoms with Crippen molar-refractivity contribution in [1.29, 1.82) is 0 Å². The maximum absolute atomic E-state index is 13.6. The minimum atomic E-state index is -1.38. The average Bonchev–Trinajstić information content (AvgIpc) is 3.47. The normalized spacial score (nSPS) is 13.1. The fourth-order valence-electron chi connectivity index (χ4n) is 4.25. The predicted octanol–water partition coefficient (Wildman–Crippen LogP) is 3.61. The van der Waals surface area contributed by atoms with E-state index in [2.05, 4.69) is 16.0 Å². The van der Waals surface area contributed by atoms with E-state index < -0.39 is 36.0 Å². The molecule has 1 aromatic heterocycles. The number of methoxy groups -OCH3 is 1. The van der Waals surface area contributed by atoms with E-state index in [-0.39, 0.29) is 30.3 Å². The Morgan fingerprint density at radius 3 is 1.88 bits per heavy atom. The zero-order valence-corrected chi connectivity index (χ0v) is 22.8. The Labute approximate surface area is 233 Å². The van der Waals surface area contributed by atoms with Gasteiger partial charge in [0.1, 0.15) is 17.8 Å². The minimum absolute atomic E-state index is 0.0504. The van der Waals surface area contributed by atoms with Crippen LogP contribution >= 0.6 is 0 Å². The van der Waals surface area contributed by atoms with Gasteiger partial charge in [-0.25, -0.2) is 4.79 Å². The highest BCUT2D eigenvalue weighted by molar-refractivity contribution is 6.01. The Morgan fingerprint density at radius 1 is 0.775 bits per heavy atom. The molecule has 40 heavy (non-hydrogen) atoms. The van der Waals surface area contributed by atoms with Crippen molar-refractivity contribution in [2.45, 2.75) is 51.2 Å². The van der Waals surface area contributed by atoms with Crippen molar-refractivity contribution in [3.05, 3.63) is 89.9 Å². The second-order valence-corrected chi connectivity index (χ2v) is 9.84. The van der Waals surface area contributed by atoms with Gasteiger partial charge >= 0.3 is 6.09 Å². The topological polar surface area (TPSA) is 147 Å². The second-order valence-electron chi connectivity index (χ2n) is 9.84. The summed E-state index contributed by atoms with van der Waals surface area (Å²) in [6.07, 6.45) is 0.550. The second kappa shape index (κ2) is 14.5. The molecule has 3 atom stereocenters. The highest BCUT2D eigenvalue weighted by Crippen LogP contribution is 2.15. The lowest BCUT2D eigenvalue weighted by Gasteiger charge is -2.25. The van der Waals surface area contributed by atoms with E-state index in [0.29, 0.717) is 17.7 Å². The van der Waals surface area contributed by atoms with Gasteiger partial charge in [0.15, 0.2) is 5.76 Å². The van der Waals surface area contributed by atoms with Crippen LogP contribution in [0.2, 0.25) is 0 Å². The summed E-state index contributed by atoms with van der Waals surface area (Å²) in [7, 11) is 1.53. The number of ketones is 1. The third-order valence-electron chi connectivity index (χ3n) is 6.23. The van der Waals surface area contributed by atoms with E-state index in [1.165, 1.54) is 19.4 Å². The molecule has 3 amide bonds. The molecule has 2 aromatic carbocycles. The lowest BCUT2D eigenvalue weighted by atomic mass is 9.97. The fourth-order valence-corrected chi connectivity index (χ4v) is 4.25. The molecule has 1 heterocycles. The van der Waals surface area contributed by atoms with Gasteiger partial charge in [0.2, 0.25) is 17.6 Å². The van der Waals surface area contributed by atoms with Gasteiger partial charge in [-0.3, -0.25) is 14.4 Å². The molecule has 0 saturated carbocycles. The fraction of sp³-hybridized carbons (Fsp3) is 0.333. The molecule has 0 aliphatic carbocycles. The third-order valence-corrected chi connectivity index (χ3v) is 6.23. The van der Waals surface area contributed by atoms with Gasteiger partial charge in [-0.1, -0.05) is 56.3 Å². The average molecular weight is 550 g/mol. The van der Waals surface area contributed by atoms with Crippen LogP contribution < -0.4 is 20.7 Å². The Balaban J connectivity index is 1.83. The number of benzene rings is 2. The molecule has 0 saturated heterocycles. The smallest absolute Gasteiger partial charge is 0.405 e. The van der Waals surface area contributed by atoms with Gasteiger partial charge in [0, 0.05) is 12.8 Å². The van der Waals surface area contributed by atoms with Crippen LogP contribution in [0.3, 0.4) is 0 Å². The molecular formula is C30H35N3O7. The highest BCUT2D eigenvalue weighted by atomic mass is 16.5. The van der Waals surface area contributed by atoms with Crippen LogP contribution in [-0.4, -0.2) is 54.0 Å². The SMILES string of the molecule is COc1ccc(CC(NC(=O)O)C(=O)NC(Cc2ccccc2)C(=O)NC(CC(C)C)C(=O)c2ccco2)cc1. The molecule has 10 heteroatoms. The van der Waals surface area contributed by atoms with Crippen molar-refractivity contribution in [3.63, 3.8) is 0 Å². The summed E-state index contributed by atoms with van der Waals surface area (Å²) < 4.78 is 10.4. The number of carbonyl (C=O) groups excluding carboxylic acids is 3. The number of hydrogen-bond acceptors (Lipinski definition) is 6. The largest absolute Gasteiger partial charge is 0.497 e. The number of furan rings is 1. The van der Waals surface area contributed by atoms with Gasteiger partial charge < -0.3 is 30.2 Å². The molecule has 0 aliphatic heterocycles. The number of carbonyl (C=O) groups is 4. The maximum Gasteiger partial charge on any atom is 0.405 e. The molecule has 3 rings (SSSR count). The van der Waals surface area contributed by atoms with Crippen molar-refractivity contribution in [2.75, 3.05) is 7.11 Å². The third kappa shape index (κ3) is 9.00. The number of amides is 3. The molecular weight excluding hydrogens is 514 g/mol. The summed E-state index contributed by atoms with van der Waals surface area (Å²) in [6.45, 7) is 3.86. The monoisotopic (exact) mass is 549 g/mol. The van der Waals surface area contributed by atoms with Gasteiger partial charge in [0.05, 0.1) is 19.4 Å². The van der Waals surface area contributed by atoms with Crippen LogP contribution in [0.25, 0.3) is 0 Å². The van der Waals surface area contributed by atoms with E-state index >= 15 is 0 Å². The van der Waals surface area contributed by atoms with E-state index in [0.717, 1.165) is 5.56 Å². The van der Waals surface area contributed by atoms with Crippen LogP contribution in [0, 0.1) is 5.92 Å². The van der Waals surface area contributed by atoms with Gasteiger partial charge in [0.25, 0.3) is 0 Å².